The van der Waals surface area contributed by atoms with E-state index in [4.69, 9.17) is 5.73 Å². The number of pyridine rings is 2. The first kappa shape index (κ1) is 28.9. The van der Waals surface area contributed by atoms with E-state index >= 15 is 0 Å². The second kappa shape index (κ2) is 11.7. The molecule has 0 atom stereocenters. The van der Waals surface area contributed by atoms with E-state index in [1.807, 2.05) is 25.8 Å². The number of hydrogen-bond acceptors (Lipinski definition) is 8. The molecule has 0 aliphatic carbocycles. The summed E-state index contributed by atoms with van der Waals surface area (Å²) in [5.74, 6) is 5.46. The average molecular weight is 575 g/mol. The van der Waals surface area contributed by atoms with Gasteiger partial charge in [0.15, 0.2) is 0 Å². The van der Waals surface area contributed by atoms with E-state index in [1.165, 1.54) is 36.8 Å². The molecule has 0 unspecified atom stereocenters. The summed E-state index contributed by atoms with van der Waals surface area (Å²) >= 11 is 0. The highest BCUT2D eigenvalue weighted by molar-refractivity contribution is 6.04. The molecular weight excluding hydrogens is 545 g/mol. The molecule has 9 nitrogen and oxygen atoms in total. The predicted octanol–water partition coefficient (Wildman–Crippen LogP) is 4.04. The van der Waals surface area contributed by atoms with Crippen molar-refractivity contribution < 1.29 is 18.0 Å². The van der Waals surface area contributed by atoms with Crippen molar-refractivity contribution in [3.63, 3.8) is 0 Å². The Morgan fingerprint density at radius 1 is 1.02 bits per heavy atom. The van der Waals surface area contributed by atoms with Gasteiger partial charge >= 0.3 is 6.18 Å². The number of benzene rings is 1. The summed E-state index contributed by atoms with van der Waals surface area (Å²) in [7, 11) is 1.99. The van der Waals surface area contributed by atoms with Crippen molar-refractivity contribution in [3.8, 4) is 11.8 Å². The van der Waals surface area contributed by atoms with Gasteiger partial charge in [-0.3, -0.25) is 14.7 Å². The summed E-state index contributed by atoms with van der Waals surface area (Å²) in [6.45, 7) is 6.84. The van der Waals surface area contributed by atoms with E-state index in [-0.39, 0.29) is 29.2 Å². The van der Waals surface area contributed by atoms with Crippen LogP contribution >= 0.6 is 0 Å². The monoisotopic (exact) mass is 574 g/mol. The number of amides is 1. The molecule has 3 aromatic heterocycles. The third-order valence-electron chi connectivity index (χ3n) is 7.15. The van der Waals surface area contributed by atoms with Crippen molar-refractivity contribution in [2.75, 3.05) is 44.3 Å². The van der Waals surface area contributed by atoms with Gasteiger partial charge in [-0.15, -0.1) is 0 Å². The molecule has 4 aromatic rings. The maximum Gasteiger partial charge on any atom is 0.416 e. The van der Waals surface area contributed by atoms with Crippen LogP contribution in [-0.4, -0.2) is 68.9 Å². The van der Waals surface area contributed by atoms with Crippen LogP contribution in [0.5, 0.6) is 0 Å². The second-order valence-electron chi connectivity index (χ2n) is 10.3. The minimum Gasteiger partial charge on any atom is -0.383 e. The molecule has 12 heteroatoms. The molecule has 1 fully saturated rings. The Morgan fingerprint density at radius 3 is 2.50 bits per heavy atom. The number of alkyl halides is 3. The Balaban J connectivity index is 1.36. The number of carbonyl (C=O) groups excluding carboxylic acids is 1. The van der Waals surface area contributed by atoms with Gasteiger partial charge in [-0.1, -0.05) is 17.9 Å². The van der Waals surface area contributed by atoms with E-state index < -0.39 is 17.6 Å². The van der Waals surface area contributed by atoms with Gasteiger partial charge in [-0.25, -0.2) is 15.0 Å². The number of fused-ring (bicyclic) bond motifs is 1. The lowest BCUT2D eigenvalue weighted by Crippen LogP contribution is -2.44. The highest BCUT2D eigenvalue weighted by Crippen LogP contribution is 2.34. The number of nitrogens with two attached hydrogens (primary N) is 1. The number of rotatable bonds is 4. The molecule has 1 aromatic carbocycles. The van der Waals surface area contributed by atoms with Gasteiger partial charge in [-0.05, 0) is 44.7 Å². The van der Waals surface area contributed by atoms with E-state index in [2.05, 4.69) is 42.0 Å². The lowest BCUT2D eigenvalue weighted by atomic mass is 10.0. The minimum atomic E-state index is -4.57. The van der Waals surface area contributed by atoms with E-state index in [0.29, 0.717) is 35.2 Å². The molecular formula is C30H29F3N8O. The van der Waals surface area contributed by atoms with Gasteiger partial charge in [-0.2, -0.15) is 13.2 Å². The van der Waals surface area contributed by atoms with Crippen LogP contribution in [0.25, 0.3) is 11.0 Å². The third kappa shape index (κ3) is 6.48. The third-order valence-corrected chi connectivity index (χ3v) is 7.15. The minimum absolute atomic E-state index is 0.0322. The molecule has 3 N–H and O–H groups in total. The van der Waals surface area contributed by atoms with E-state index in [9.17, 15) is 18.0 Å². The van der Waals surface area contributed by atoms with Gasteiger partial charge in [0, 0.05) is 56.4 Å². The largest absolute Gasteiger partial charge is 0.416 e. The molecule has 1 saturated heterocycles. The van der Waals surface area contributed by atoms with Gasteiger partial charge < -0.3 is 16.0 Å². The van der Waals surface area contributed by atoms with Crippen LogP contribution in [0.4, 0.5) is 24.7 Å². The summed E-state index contributed by atoms with van der Waals surface area (Å²) in [5, 5.41) is 2.56. The van der Waals surface area contributed by atoms with E-state index in [1.54, 1.807) is 0 Å². The Morgan fingerprint density at radius 2 is 1.76 bits per heavy atom. The molecule has 4 heterocycles. The molecule has 5 rings (SSSR count). The first-order chi connectivity index (χ1) is 20.0. The average Bonchev–Trinajstić information content (AvgIpc) is 2.95. The van der Waals surface area contributed by atoms with Crippen LogP contribution < -0.4 is 11.1 Å². The van der Waals surface area contributed by atoms with Crippen molar-refractivity contribution >= 4 is 28.4 Å². The zero-order valence-corrected chi connectivity index (χ0v) is 23.4. The van der Waals surface area contributed by atoms with Gasteiger partial charge in [0.2, 0.25) is 0 Å². The molecule has 0 bridgehead atoms. The van der Waals surface area contributed by atoms with Crippen LogP contribution in [0, 0.1) is 25.7 Å². The number of anilines is 2. The smallest absolute Gasteiger partial charge is 0.383 e. The van der Waals surface area contributed by atoms with Crippen LogP contribution in [-0.2, 0) is 12.7 Å². The summed E-state index contributed by atoms with van der Waals surface area (Å²) in [6, 6.07) is 5.38. The molecule has 0 radical (unpaired) electrons. The normalized spacial score (nSPS) is 14.4. The SMILES string of the molecule is Cc1nc2cnc(N)c(C#Cc3cncc(C(=O)Nc4ccc(CN5CCN(C)CC5)c(C(F)(F)F)c4)c3)c2nc1C. The zero-order valence-electron chi connectivity index (χ0n) is 23.4. The highest BCUT2D eigenvalue weighted by Gasteiger charge is 2.34. The maximum absolute atomic E-state index is 14.0. The number of aromatic nitrogens is 4. The summed E-state index contributed by atoms with van der Waals surface area (Å²) in [4.78, 5) is 34.4. The summed E-state index contributed by atoms with van der Waals surface area (Å²) < 4.78 is 41.9. The number of likely N-dealkylation sites (N-methyl/N-ethyl adjacent to an activating group) is 1. The Labute approximate surface area is 241 Å². The Hall–Kier alpha value is -4.60. The first-order valence-corrected chi connectivity index (χ1v) is 13.3. The number of hydrogen-bond donors (Lipinski definition) is 2. The highest BCUT2D eigenvalue weighted by atomic mass is 19.4. The summed E-state index contributed by atoms with van der Waals surface area (Å²) in [6.07, 6.45) is -0.253. The number of carbonyl (C=O) groups is 1. The van der Waals surface area contributed by atoms with Gasteiger partial charge in [0.1, 0.15) is 16.9 Å². The molecule has 216 valence electrons. The van der Waals surface area contributed by atoms with Crippen molar-refractivity contribution in [1.82, 2.24) is 29.7 Å². The van der Waals surface area contributed by atoms with Crippen molar-refractivity contribution in [3.05, 3.63) is 82.1 Å². The fourth-order valence-electron chi connectivity index (χ4n) is 4.61. The molecule has 42 heavy (non-hydrogen) atoms. The maximum atomic E-state index is 14.0. The first-order valence-electron chi connectivity index (χ1n) is 13.3. The lowest BCUT2D eigenvalue weighted by Gasteiger charge is -2.33. The number of piperazine rings is 1. The van der Waals surface area contributed by atoms with Crippen LogP contribution in [0.1, 0.15) is 44.0 Å². The zero-order chi connectivity index (χ0) is 30.0. The summed E-state index contributed by atoms with van der Waals surface area (Å²) in [5.41, 5.74) is 8.99. The number of nitrogens with zero attached hydrogens (tertiary/aromatic N) is 6. The molecule has 1 amide bonds. The second-order valence-corrected chi connectivity index (χ2v) is 10.3. The van der Waals surface area contributed by atoms with Crippen LogP contribution in [0.3, 0.4) is 0 Å². The topological polar surface area (TPSA) is 113 Å². The molecule has 1 aliphatic heterocycles. The number of nitrogen functional groups attached to an aromatic ring is 1. The van der Waals surface area contributed by atoms with Crippen molar-refractivity contribution in [2.24, 2.45) is 0 Å². The van der Waals surface area contributed by atoms with Gasteiger partial charge in [0.05, 0.1) is 34.3 Å². The quantitative estimate of drug-likeness (QED) is 0.352. The van der Waals surface area contributed by atoms with Crippen LogP contribution in [0.2, 0.25) is 0 Å². The Kier molecular flexibility index (Phi) is 8.06. The lowest BCUT2D eigenvalue weighted by molar-refractivity contribution is -0.138. The van der Waals surface area contributed by atoms with E-state index in [0.717, 1.165) is 30.5 Å². The van der Waals surface area contributed by atoms with Crippen LogP contribution in [0.15, 0.2) is 42.9 Å². The van der Waals surface area contributed by atoms with Gasteiger partial charge in [0.25, 0.3) is 5.91 Å². The van der Waals surface area contributed by atoms with Crippen molar-refractivity contribution in [1.29, 1.82) is 0 Å². The fraction of sp³-hybridized carbons (Fsp3) is 0.300. The number of nitrogens with one attached hydrogen (secondary N) is 1. The van der Waals surface area contributed by atoms with Crippen molar-refractivity contribution in [2.45, 2.75) is 26.6 Å². The molecule has 0 saturated carbocycles. The standard InChI is InChI=1S/C30H29F3N8O/c1-18-19(2)38-27-24(28(34)36-16-26(27)37-18)7-4-20-12-22(15-35-14-20)29(42)39-23-6-5-21(25(13-23)30(31,32)33)17-41-10-8-40(3)9-11-41/h5-6,12-16H,8-11,17H2,1-3H3,(H2,34,36)(H,39,42). The number of aryl methyl sites for hydroxylation is 2. The fourth-order valence-corrected chi connectivity index (χ4v) is 4.61. The predicted molar refractivity (Wildman–Crippen MR) is 154 cm³/mol. The Bertz CT molecular complexity index is 1720. The molecule has 0 spiro atoms. The molecule has 1 aliphatic rings. The number of halogens is 3.